The summed E-state index contributed by atoms with van der Waals surface area (Å²) < 4.78 is 5.26. The molecule has 1 amide bonds. The summed E-state index contributed by atoms with van der Waals surface area (Å²) in [6.45, 7) is 0. The highest BCUT2D eigenvalue weighted by Gasteiger charge is 2.13. The van der Waals surface area contributed by atoms with Gasteiger partial charge in [0.05, 0.1) is 23.3 Å². The second-order valence-electron chi connectivity index (χ2n) is 4.71. The van der Waals surface area contributed by atoms with Gasteiger partial charge in [-0.15, -0.1) is 11.3 Å². The van der Waals surface area contributed by atoms with Gasteiger partial charge in [-0.3, -0.25) is 4.79 Å². The summed E-state index contributed by atoms with van der Waals surface area (Å²) in [6.07, 6.45) is 2.94. The topological polar surface area (TPSA) is 110 Å². The van der Waals surface area contributed by atoms with Crippen LogP contribution in [0.1, 0.15) is 5.69 Å². The lowest BCUT2D eigenvalue weighted by Gasteiger charge is -2.02. The zero-order valence-corrected chi connectivity index (χ0v) is 12.5. The average molecular weight is 326 g/mol. The standard InChI is InChI=1S/C14H10N6O2S/c21-11(19-14-12-13(16-6-15-12)17-7-18-14)5-8-4-9(22-20-8)10-2-1-3-23-10/h1-4,6-7H,5H2,(H2,15,16,17,18,19,21). The first-order valence-electron chi connectivity index (χ1n) is 6.73. The van der Waals surface area contributed by atoms with E-state index in [1.807, 2.05) is 17.5 Å². The molecule has 0 aliphatic rings. The number of carbonyl (C=O) groups excluding carboxylic acids is 1. The van der Waals surface area contributed by atoms with E-state index in [-0.39, 0.29) is 12.3 Å². The minimum Gasteiger partial charge on any atom is -0.355 e. The number of aromatic nitrogens is 5. The molecule has 0 aliphatic carbocycles. The fourth-order valence-corrected chi connectivity index (χ4v) is 2.80. The molecule has 0 fully saturated rings. The normalized spacial score (nSPS) is 11.0. The zero-order valence-electron chi connectivity index (χ0n) is 11.7. The van der Waals surface area contributed by atoms with Gasteiger partial charge >= 0.3 is 0 Å². The van der Waals surface area contributed by atoms with Crippen molar-refractivity contribution < 1.29 is 9.32 Å². The molecule has 0 unspecified atom stereocenters. The monoisotopic (exact) mass is 326 g/mol. The van der Waals surface area contributed by atoms with Crippen molar-refractivity contribution in [3.8, 4) is 10.6 Å². The summed E-state index contributed by atoms with van der Waals surface area (Å²) in [4.78, 5) is 28.1. The van der Waals surface area contributed by atoms with Gasteiger partial charge in [-0.25, -0.2) is 15.0 Å². The van der Waals surface area contributed by atoms with Crippen molar-refractivity contribution >= 4 is 34.2 Å². The predicted molar refractivity (Wildman–Crippen MR) is 83.8 cm³/mol. The molecule has 0 aromatic carbocycles. The highest BCUT2D eigenvalue weighted by Crippen LogP contribution is 2.25. The first-order chi connectivity index (χ1) is 11.3. The van der Waals surface area contributed by atoms with Crippen LogP contribution in [0.5, 0.6) is 0 Å². The van der Waals surface area contributed by atoms with Crippen molar-refractivity contribution in [2.75, 3.05) is 5.32 Å². The number of carbonyl (C=O) groups is 1. The van der Waals surface area contributed by atoms with E-state index in [0.29, 0.717) is 28.4 Å². The molecule has 9 heteroatoms. The number of aromatic amines is 1. The lowest BCUT2D eigenvalue weighted by molar-refractivity contribution is -0.115. The number of nitrogens with one attached hydrogen (secondary N) is 2. The highest BCUT2D eigenvalue weighted by atomic mass is 32.1. The molecule has 4 heterocycles. The smallest absolute Gasteiger partial charge is 0.231 e. The van der Waals surface area contributed by atoms with Gasteiger partial charge in [0, 0.05) is 6.07 Å². The SMILES string of the molecule is O=C(Cc1cc(-c2cccs2)on1)Nc1ncnc2nc[nH]c12. The van der Waals surface area contributed by atoms with Crippen LogP contribution in [-0.4, -0.2) is 31.0 Å². The molecule has 4 aromatic heterocycles. The lowest BCUT2D eigenvalue weighted by Crippen LogP contribution is -2.16. The summed E-state index contributed by atoms with van der Waals surface area (Å²) in [6, 6.07) is 5.63. The molecule has 8 nitrogen and oxygen atoms in total. The van der Waals surface area contributed by atoms with Gasteiger partial charge in [0.15, 0.2) is 17.2 Å². The molecule has 0 bridgehead atoms. The number of nitrogens with zero attached hydrogens (tertiary/aromatic N) is 4. The van der Waals surface area contributed by atoms with Crippen molar-refractivity contribution in [1.29, 1.82) is 0 Å². The first kappa shape index (κ1) is 13.6. The Kier molecular flexibility index (Phi) is 3.31. The van der Waals surface area contributed by atoms with E-state index >= 15 is 0 Å². The molecule has 0 atom stereocenters. The van der Waals surface area contributed by atoms with Crippen LogP contribution in [0.3, 0.4) is 0 Å². The van der Waals surface area contributed by atoms with Crippen molar-refractivity contribution in [1.82, 2.24) is 25.1 Å². The molecule has 0 radical (unpaired) electrons. The second-order valence-corrected chi connectivity index (χ2v) is 5.66. The number of hydrogen-bond acceptors (Lipinski definition) is 7. The Bertz CT molecular complexity index is 959. The number of H-pyrrole nitrogens is 1. The largest absolute Gasteiger partial charge is 0.355 e. The van der Waals surface area contributed by atoms with Crippen molar-refractivity contribution in [2.24, 2.45) is 0 Å². The van der Waals surface area contributed by atoms with Gasteiger partial charge in [0.25, 0.3) is 0 Å². The summed E-state index contributed by atoms with van der Waals surface area (Å²) in [5.41, 5.74) is 1.64. The van der Waals surface area contributed by atoms with E-state index in [2.05, 4.69) is 30.4 Å². The average Bonchev–Trinajstić information content (AvgIpc) is 3.28. The van der Waals surface area contributed by atoms with Crippen molar-refractivity contribution in [3.05, 3.63) is 41.9 Å². The van der Waals surface area contributed by atoms with Crippen LogP contribution >= 0.6 is 11.3 Å². The summed E-state index contributed by atoms with van der Waals surface area (Å²) in [5.74, 6) is 0.797. The molecule has 2 N–H and O–H groups in total. The molecule has 4 aromatic rings. The quantitative estimate of drug-likeness (QED) is 0.595. The third-order valence-electron chi connectivity index (χ3n) is 3.15. The van der Waals surface area contributed by atoms with Crippen LogP contribution in [0.15, 0.2) is 40.8 Å². The molecular weight excluding hydrogens is 316 g/mol. The molecule has 0 aliphatic heterocycles. The van der Waals surface area contributed by atoms with E-state index in [0.717, 1.165) is 4.88 Å². The van der Waals surface area contributed by atoms with Gasteiger partial charge in [0.1, 0.15) is 11.8 Å². The maximum atomic E-state index is 12.2. The van der Waals surface area contributed by atoms with Gasteiger partial charge in [-0.1, -0.05) is 11.2 Å². The van der Waals surface area contributed by atoms with Gasteiger partial charge < -0.3 is 14.8 Å². The van der Waals surface area contributed by atoms with E-state index in [1.165, 1.54) is 12.7 Å². The van der Waals surface area contributed by atoms with Gasteiger partial charge in [-0.2, -0.15) is 0 Å². The maximum absolute atomic E-state index is 12.2. The molecule has 0 spiro atoms. The number of imidazole rings is 1. The van der Waals surface area contributed by atoms with Gasteiger partial charge in [0.2, 0.25) is 5.91 Å². The number of fused-ring (bicyclic) bond motifs is 1. The third-order valence-corrected chi connectivity index (χ3v) is 4.03. The lowest BCUT2D eigenvalue weighted by atomic mass is 10.2. The first-order valence-corrected chi connectivity index (χ1v) is 7.61. The molecule has 114 valence electrons. The van der Waals surface area contributed by atoms with E-state index < -0.39 is 0 Å². The summed E-state index contributed by atoms with van der Waals surface area (Å²) in [7, 11) is 0. The number of hydrogen-bond donors (Lipinski definition) is 2. The predicted octanol–water partition coefficient (Wildman–Crippen LogP) is 2.25. The fourth-order valence-electron chi connectivity index (χ4n) is 2.13. The fraction of sp³-hybridized carbons (Fsp3) is 0.0714. The van der Waals surface area contributed by atoms with Crippen LogP contribution in [-0.2, 0) is 11.2 Å². The van der Waals surface area contributed by atoms with Crippen LogP contribution in [0.25, 0.3) is 21.8 Å². The Morgan fingerprint density at radius 2 is 2.30 bits per heavy atom. The van der Waals surface area contributed by atoms with E-state index in [4.69, 9.17) is 4.52 Å². The van der Waals surface area contributed by atoms with Crippen LogP contribution in [0.4, 0.5) is 5.82 Å². The van der Waals surface area contributed by atoms with Crippen LogP contribution in [0, 0.1) is 0 Å². The Morgan fingerprint density at radius 3 is 3.17 bits per heavy atom. The Labute approximate surface area is 133 Å². The molecule has 4 rings (SSSR count). The van der Waals surface area contributed by atoms with E-state index in [1.54, 1.807) is 17.4 Å². The summed E-state index contributed by atoms with van der Waals surface area (Å²) in [5, 5.41) is 8.60. The minimum atomic E-state index is -0.245. The second kappa shape index (κ2) is 5.61. The number of anilines is 1. The minimum absolute atomic E-state index is 0.0918. The van der Waals surface area contributed by atoms with Crippen molar-refractivity contribution in [3.63, 3.8) is 0 Å². The van der Waals surface area contributed by atoms with Crippen molar-refractivity contribution in [2.45, 2.75) is 6.42 Å². The molecule has 0 saturated carbocycles. The van der Waals surface area contributed by atoms with Gasteiger partial charge in [-0.05, 0) is 11.4 Å². The number of thiophene rings is 1. The number of rotatable bonds is 4. The molecule has 0 saturated heterocycles. The number of amides is 1. The van der Waals surface area contributed by atoms with Crippen LogP contribution in [0.2, 0.25) is 0 Å². The highest BCUT2D eigenvalue weighted by molar-refractivity contribution is 7.13. The Balaban J connectivity index is 1.49. The van der Waals surface area contributed by atoms with Crippen LogP contribution < -0.4 is 5.32 Å². The molecular formula is C14H10N6O2S. The third kappa shape index (κ3) is 2.69. The maximum Gasteiger partial charge on any atom is 0.231 e. The molecule has 23 heavy (non-hydrogen) atoms. The Morgan fingerprint density at radius 1 is 1.35 bits per heavy atom. The van der Waals surface area contributed by atoms with E-state index in [9.17, 15) is 4.79 Å². The zero-order chi connectivity index (χ0) is 15.6. The summed E-state index contributed by atoms with van der Waals surface area (Å²) >= 11 is 1.55. The Hall–Kier alpha value is -3.07.